The summed E-state index contributed by atoms with van der Waals surface area (Å²) in [7, 11) is 1.61. The molecule has 0 amide bonds. The number of hydrogen-bond acceptors (Lipinski definition) is 4. The third-order valence-electron chi connectivity index (χ3n) is 2.79. The van der Waals surface area contributed by atoms with Crippen molar-refractivity contribution < 1.29 is 4.74 Å². The van der Waals surface area contributed by atoms with Gasteiger partial charge in [0.1, 0.15) is 16.6 Å². The molecular formula is C14H14ClN3OS. The number of halogens is 1. The van der Waals surface area contributed by atoms with Crippen molar-refractivity contribution in [1.29, 1.82) is 0 Å². The van der Waals surface area contributed by atoms with Crippen LogP contribution >= 0.6 is 23.8 Å². The van der Waals surface area contributed by atoms with Crippen LogP contribution in [0.4, 0.5) is 5.82 Å². The van der Waals surface area contributed by atoms with Crippen molar-refractivity contribution in [1.82, 2.24) is 4.98 Å². The predicted molar refractivity (Wildman–Crippen MR) is 85.5 cm³/mol. The Morgan fingerprint density at radius 2 is 2.25 bits per heavy atom. The standard InChI is InChI=1S/C14H14ClN3OS/c1-19-12-4-2-3-11(15)10(12)8-18-13-7-9(14(16)20)5-6-17-13/h2-7H,8H2,1H3,(H2,16,20)(H,17,18). The quantitative estimate of drug-likeness (QED) is 0.832. The van der Waals surface area contributed by atoms with Crippen LogP contribution in [-0.4, -0.2) is 17.1 Å². The van der Waals surface area contributed by atoms with E-state index in [-0.39, 0.29) is 0 Å². The van der Waals surface area contributed by atoms with Crippen molar-refractivity contribution in [2.75, 3.05) is 12.4 Å². The van der Waals surface area contributed by atoms with Gasteiger partial charge in [0.25, 0.3) is 0 Å². The molecule has 4 nitrogen and oxygen atoms in total. The fourth-order valence-corrected chi connectivity index (χ4v) is 2.12. The zero-order chi connectivity index (χ0) is 14.5. The number of rotatable bonds is 5. The van der Waals surface area contributed by atoms with E-state index >= 15 is 0 Å². The molecule has 2 aromatic rings. The van der Waals surface area contributed by atoms with Crippen LogP contribution in [0, 0.1) is 0 Å². The number of nitrogens with two attached hydrogens (primary N) is 1. The highest BCUT2D eigenvalue weighted by molar-refractivity contribution is 7.80. The van der Waals surface area contributed by atoms with Gasteiger partial charge in [0.05, 0.1) is 7.11 Å². The van der Waals surface area contributed by atoms with Crippen molar-refractivity contribution in [2.24, 2.45) is 5.73 Å². The summed E-state index contributed by atoms with van der Waals surface area (Å²) in [6, 6.07) is 9.09. The number of hydrogen-bond donors (Lipinski definition) is 2. The minimum atomic E-state index is 0.339. The highest BCUT2D eigenvalue weighted by Crippen LogP contribution is 2.26. The number of ether oxygens (including phenoxy) is 1. The molecule has 0 atom stereocenters. The molecule has 104 valence electrons. The van der Waals surface area contributed by atoms with Crippen molar-refractivity contribution in [3.05, 3.63) is 52.7 Å². The molecule has 2 rings (SSSR count). The van der Waals surface area contributed by atoms with Crippen LogP contribution < -0.4 is 15.8 Å². The Morgan fingerprint density at radius 1 is 1.45 bits per heavy atom. The van der Waals surface area contributed by atoms with E-state index in [1.807, 2.05) is 18.2 Å². The summed E-state index contributed by atoms with van der Waals surface area (Å²) in [5.41, 5.74) is 7.24. The molecule has 0 saturated carbocycles. The fraction of sp³-hybridized carbons (Fsp3) is 0.143. The topological polar surface area (TPSA) is 60.2 Å². The fourth-order valence-electron chi connectivity index (χ4n) is 1.76. The van der Waals surface area contributed by atoms with E-state index in [0.29, 0.717) is 22.4 Å². The van der Waals surface area contributed by atoms with Gasteiger partial charge in [0, 0.05) is 28.9 Å². The number of nitrogens with one attached hydrogen (secondary N) is 1. The SMILES string of the molecule is COc1cccc(Cl)c1CNc1cc(C(N)=S)ccn1. The minimum absolute atomic E-state index is 0.339. The lowest BCUT2D eigenvalue weighted by atomic mass is 10.2. The molecule has 0 aliphatic carbocycles. The summed E-state index contributed by atoms with van der Waals surface area (Å²) in [6.07, 6.45) is 1.65. The predicted octanol–water partition coefficient (Wildman–Crippen LogP) is 2.99. The Morgan fingerprint density at radius 3 is 2.95 bits per heavy atom. The van der Waals surface area contributed by atoms with E-state index in [2.05, 4.69) is 10.3 Å². The lowest BCUT2D eigenvalue weighted by molar-refractivity contribution is 0.410. The second-order valence-electron chi connectivity index (χ2n) is 4.07. The molecule has 0 fully saturated rings. The maximum Gasteiger partial charge on any atom is 0.126 e. The maximum absolute atomic E-state index is 6.17. The third kappa shape index (κ3) is 3.37. The van der Waals surface area contributed by atoms with Gasteiger partial charge in [0.2, 0.25) is 0 Å². The summed E-state index contributed by atoms with van der Waals surface area (Å²) in [5, 5.41) is 3.82. The Bertz CT molecular complexity index is 634. The van der Waals surface area contributed by atoms with Crippen LogP contribution in [-0.2, 0) is 6.54 Å². The lowest BCUT2D eigenvalue weighted by Gasteiger charge is -2.12. The molecule has 0 spiro atoms. The molecule has 1 aromatic carbocycles. The molecule has 0 aliphatic rings. The third-order valence-corrected chi connectivity index (χ3v) is 3.38. The van der Waals surface area contributed by atoms with Crippen LogP contribution in [0.2, 0.25) is 5.02 Å². The summed E-state index contributed by atoms with van der Waals surface area (Å²) >= 11 is 11.1. The highest BCUT2D eigenvalue weighted by Gasteiger charge is 2.08. The Kier molecular flexibility index (Phi) is 4.76. The highest BCUT2D eigenvalue weighted by atomic mass is 35.5. The lowest BCUT2D eigenvalue weighted by Crippen LogP contribution is -2.10. The molecule has 0 saturated heterocycles. The molecule has 6 heteroatoms. The van der Waals surface area contributed by atoms with Gasteiger partial charge in [-0.25, -0.2) is 4.98 Å². The molecule has 1 heterocycles. The maximum atomic E-state index is 6.17. The van der Waals surface area contributed by atoms with E-state index in [4.69, 9.17) is 34.3 Å². The number of thiocarbonyl (C=S) groups is 1. The normalized spacial score (nSPS) is 10.1. The Balaban J connectivity index is 2.17. The smallest absolute Gasteiger partial charge is 0.126 e. The van der Waals surface area contributed by atoms with Crippen LogP contribution in [0.3, 0.4) is 0 Å². The molecule has 3 N–H and O–H groups in total. The van der Waals surface area contributed by atoms with E-state index in [1.165, 1.54) is 0 Å². The number of methoxy groups -OCH3 is 1. The molecule has 0 radical (unpaired) electrons. The minimum Gasteiger partial charge on any atom is -0.496 e. The zero-order valence-electron chi connectivity index (χ0n) is 10.9. The van der Waals surface area contributed by atoms with Gasteiger partial charge in [-0.05, 0) is 24.3 Å². The molecule has 0 unspecified atom stereocenters. The first-order valence-corrected chi connectivity index (χ1v) is 6.71. The summed E-state index contributed by atoms with van der Waals surface area (Å²) in [6.45, 7) is 0.497. The van der Waals surface area contributed by atoms with Crippen molar-refractivity contribution in [3.63, 3.8) is 0 Å². The molecule has 0 aliphatic heterocycles. The van der Waals surface area contributed by atoms with Crippen LogP contribution in [0.1, 0.15) is 11.1 Å². The second kappa shape index (κ2) is 6.54. The van der Waals surface area contributed by atoms with Gasteiger partial charge >= 0.3 is 0 Å². The van der Waals surface area contributed by atoms with Crippen LogP contribution in [0.5, 0.6) is 5.75 Å². The average Bonchev–Trinajstić information content (AvgIpc) is 2.46. The second-order valence-corrected chi connectivity index (χ2v) is 4.92. The first-order valence-electron chi connectivity index (χ1n) is 5.93. The first-order chi connectivity index (χ1) is 9.61. The molecule has 20 heavy (non-hydrogen) atoms. The van der Waals surface area contributed by atoms with Gasteiger partial charge in [-0.2, -0.15) is 0 Å². The van der Waals surface area contributed by atoms with Gasteiger partial charge in [-0.3, -0.25) is 0 Å². The number of benzene rings is 1. The van der Waals surface area contributed by atoms with Gasteiger partial charge in [0.15, 0.2) is 0 Å². The van der Waals surface area contributed by atoms with Gasteiger partial charge < -0.3 is 15.8 Å². The summed E-state index contributed by atoms with van der Waals surface area (Å²) in [4.78, 5) is 4.55. The monoisotopic (exact) mass is 307 g/mol. The largest absolute Gasteiger partial charge is 0.496 e. The summed E-state index contributed by atoms with van der Waals surface area (Å²) < 4.78 is 5.29. The summed E-state index contributed by atoms with van der Waals surface area (Å²) in [5.74, 6) is 1.41. The molecular weight excluding hydrogens is 294 g/mol. The van der Waals surface area contributed by atoms with E-state index in [1.54, 1.807) is 25.4 Å². The van der Waals surface area contributed by atoms with Crippen molar-refractivity contribution in [3.8, 4) is 5.75 Å². The van der Waals surface area contributed by atoms with Crippen molar-refractivity contribution in [2.45, 2.75) is 6.54 Å². The Hall–Kier alpha value is -1.85. The number of anilines is 1. The van der Waals surface area contributed by atoms with Crippen molar-refractivity contribution >= 4 is 34.6 Å². The van der Waals surface area contributed by atoms with E-state index < -0.39 is 0 Å². The van der Waals surface area contributed by atoms with Gasteiger partial charge in [-0.1, -0.05) is 29.9 Å². The first kappa shape index (κ1) is 14.6. The zero-order valence-corrected chi connectivity index (χ0v) is 12.5. The number of pyridine rings is 1. The average molecular weight is 308 g/mol. The Labute approximate surface area is 127 Å². The molecule has 1 aromatic heterocycles. The number of nitrogens with zero attached hydrogens (tertiary/aromatic N) is 1. The van der Waals surface area contributed by atoms with Crippen LogP contribution in [0.15, 0.2) is 36.5 Å². The van der Waals surface area contributed by atoms with E-state index in [9.17, 15) is 0 Å². The van der Waals surface area contributed by atoms with Gasteiger partial charge in [-0.15, -0.1) is 0 Å². The van der Waals surface area contributed by atoms with Crippen LogP contribution in [0.25, 0.3) is 0 Å². The van der Waals surface area contributed by atoms with E-state index in [0.717, 1.165) is 16.9 Å². The number of aromatic nitrogens is 1. The molecule has 0 bridgehead atoms.